The van der Waals surface area contributed by atoms with E-state index < -0.39 is 11.7 Å². The molecule has 0 unspecified atom stereocenters. The SMILES string of the molecule is N#Cc1cc(Nc2ccc(N)c(C(N)=O)c2)ccc1F. The first-order chi connectivity index (χ1) is 9.51. The lowest BCUT2D eigenvalue weighted by Gasteiger charge is -2.09. The monoisotopic (exact) mass is 270 g/mol. The van der Waals surface area contributed by atoms with Crippen molar-refractivity contribution in [2.45, 2.75) is 0 Å². The summed E-state index contributed by atoms with van der Waals surface area (Å²) in [5.41, 5.74) is 12.3. The normalized spacial score (nSPS) is 9.80. The maximum absolute atomic E-state index is 13.2. The van der Waals surface area contributed by atoms with E-state index in [4.69, 9.17) is 16.7 Å². The van der Waals surface area contributed by atoms with Crippen molar-refractivity contribution in [3.8, 4) is 6.07 Å². The molecule has 100 valence electrons. The molecule has 0 fully saturated rings. The van der Waals surface area contributed by atoms with Crippen molar-refractivity contribution in [2.24, 2.45) is 5.73 Å². The van der Waals surface area contributed by atoms with Gasteiger partial charge in [0.1, 0.15) is 11.9 Å². The average molecular weight is 270 g/mol. The van der Waals surface area contributed by atoms with E-state index in [1.54, 1.807) is 12.1 Å². The van der Waals surface area contributed by atoms with Gasteiger partial charge in [0.2, 0.25) is 0 Å². The molecule has 0 aliphatic carbocycles. The van der Waals surface area contributed by atoms with Gasteiger partial charge >= 0.3 is 0 Å². The minimum atomic E-state index is -0.636. The van der Waals surface area contributed by atoms with Gasteiger partial charge in [0.15, 0.2) is 0 Å². The molecule has 6 heteroatoms. The number of nitrogen functional groups attached to an aromatic ring is 1. The number of anilines is 3. The Hall–Kier alpha value is -3.07. The number of rotatable bonds is 3. The van der Waals surface area contributed by atoms with Crippen LogP contribution in [0.4, 0.5) is 21.5 Å². The third-order valence-corrected chi connectivity index (χ3v) is 2.69. The van der Waals surface area contributed by atoms with E-state index in [2.05, 4.69) is 5.32 Å². The van der Waals surface area contributed by atoms with Gasteiger partial charge in [-0.05, 0) is 36.4 Å². The Morgan fingerprint density at radius 1 is 1.20 bits per heavy atom. The molecule has 0 saturated heterocycles. The molecule has 0 aromatic heterocycles. The van der Waals surface area contributed by atoms with E-state index in [1.807, 2.05) is 0 Å². The van der Waals surface area contributed by atoms with E-state index >= 15 is 0 Å². The maximum Gasteiger partial charge on any atom is 0.250 e. The Morgan fingerprint density at radius 3 is 2.50 bits per heavy atom. The standard InChI is InChI=1S/C14H11FN4O/c15-12-3-1-9(5-8(12)7-16)19-10-2-4-13(17)11(6-10)14(18)20/h1-6,19H,17H2,(H2,18,20). The van der Waals surface area contributed by atoms with Gasteiger partial charge in [0, 0.05) is 17.1 Å². The summed E-state index contributed by atoms with van der Waals surface area (Å²) in [5, 5.41) is 11.7. The van der Waals surface area contributed by atoms with Crippen LogP contribution in [0.25, 0.3) is 0 Å². The number of nitrogens with two attached hydrogens (primary N) is 2. The first kappa shape index (κ1) is 13.4. The highest BCUT2D eigenvalue weighted by atomic mass is 19.1. The van der Waals surface area contributed by atoms with Crippen LogP contribution in [0.3, 0.4) is 0 Å². The topological polar surface area (TPSA) is 105 Å². The van der Waals surface area contributed by atoms with E-state index in [-0.39, 0.29) is 16.8 Å². The molecule has 0 saturated carbocycles. The predicted molar refractivity (Wildman–Crippen MR) is 73.8 cm³/mol. The smallest absolute Gasteiger partial charge is 0.250 e. The fraction of sp³-hybridized carbons (Fsp3) is 0. The Bertz CT molecular complexity index is 722. The van der Waals surface area contributed by atoms with E-state index in [0.29, 0.717) is 11.4 Å². The van der Waals surface area contributed by atoms with Crippen molar-refractivity contribution < 1.29 is 9.18 Å². The highest BCUT2D eigenvalue weighted by molar-refractivity contribution is 5.99. The van der Waals surface area contributed by atoms with E-state index in [0.717, 1.165) is 0 Å². The zero-order valence-electron chi connectivity index (χ0n) is 10.4. The zero-order valence-corrected chi connectivity index (χ0v) is 10.4. The molecular weight excluding hydrogens is 259 g/mol. The molecule has 5 nitrogen and oxygen atoms in total. The van der Waals surface area contributed by atoms with Crippen LogP contribution in [0.15, 0.2) is 36.4 Å². The van der Waals surface area contributed by atoms with Crippen LogP contribution < -0.4 is 16.8 Å². The van der Waals surface area contributed by atoms with E-state index in [9.17, 15) is 9.18 Å². The number of carbonyl (C=O) groups excluding carboxylic acids is 1. The Labute approximate surface area is 114 Å². The van der Waals surface area contributed by atoms with Gasteiger partial charge < -0.3 is 16.8 Å². The van der Waals surface area contributed by atoms with Gasteiger partial charge in [-0.25, -0.2) is 4.39 Å². The minimum Gasteiger partial charge on any atom is -0.398 e. The van der Waals surface area contributed by atoms with Crippen molar-refractivity contribution in [3.63, 3.8) is 0 Å². The number of amides is 1. The molecule has 5 N–H and O–H groups in total. The average Bonchev–Trinajstić information content (AvgIpc) is 2.42. The lowest BCUT2D eigenvalue weighted by atomic mass is 10.1. The number of primary amides is 1. The molecule has 2 rings (SSSR count). The summed E-state index contributed by atoms with van der Waals surface area (Å²) in [5.74, 6) is -1.23. The Balaban J connectivity index is 2.33. The second kappa shape index (κ2) is 5.28. The number of hydrogen-bond donors (Lipinski definition) is 3. The van der Waals surface area contributed by atoms with Gasteiger partial charge in [-0.1, -0.05) is 0 Å². The van der Waals surface area contributed by atoms with Crippen LogP contribution in [0, 0.1) is 17.1 Å². The van der Waals surface area contributed by atoms with Gasteiger partial charge in [-0.2, -0.15) is 5.26 Å². The minimum absolute atomic E-state index is 0.0689. The van der Waals surface area contributed by atoms with Crippen molar-refractivity contribution in [3.05, 3.63) is 53.3 Å². The summed E-state index contributed by atoms with van der Waals surface area (Å²) in [6.07, 6.45) is 0. The predicted octanol–water partition coefficient (Wildman–Crippen LogP) is 2.12. The Morgan fingerprint density at radius 2 is 1.85 bits per heavy atom. The van der Waals surface area contributed by atoms with Crippen molar-refractivity contribution in [1.29, 1.82) is 5.26 Å². The molecule has 0 aliphatic heterocycles. The Kier molecular flexibility index (Phi) is 3.53. The fourth-order valence-electron chi connectivity index (χ4n) is 1.70. The molecule has 0 spiro atoms. The second-order valence-corrected chi connectivity index (χ2v) is 4.10. The molecule has 20 heavy (non-hydrogen) atoms. The highest BCUT2D eigenvalue weighted by Gasteiger charge is 2.08. The first-order valence-corrected chi connectivity index (χ1v) is 5.67. The van der Waals surface area contributed by atoms with Crippen LogP contribution in [0.5, 0.6) is 0 Å². The van der Waals surface area contributed by atoms with Gasteiger partial charge in [0.05, 0.1) is 11.1 Å². The fourth-order valence-corrected chi connectivity index (χ4v) is 1.70. The molecule has 2 aromatic carbocycles. The summed E-state index contributed by atoms with van der Waals surface area (Å²) in [6.45, 7) is 0. The quantitative estimate of drug-likeness (QED) is 0.743. The number of hydrogen-bond acceptors (Lipinski definition) is 4. The number of benzene rings is 2. The van der Waals surface area contributed by atoms with Gasteiger partial charge in [0.25, 0.3) is 5.91 Å². The molecule has 0 aliphatic rings. The number of nitrogens with one attached hydrogen (secondary N) is 1. The van der Waals surface area contributed by atoms with Crippen LogP contribution in [0.2, 0.25) is 0 Å². The summed E-state index contributed by atoms with van der Waals surface area (Å²) < 4.78 is 13.2. The van der Waals surface area contributed by atoms with Crippen molar-refractivity contribution in [1.82, 2.24) is 0 Å². The number of carbonyl (C=O) groups is 1. The molecule has 2 aromatic rings. The van der Waals surface area contributed by atoms with Gasteiger partial charge in [-0.15, -0.1) is 0 Å². The van der Waals surface area contributed by atoms with E-state index in [1.165, 1.54) is 30.3 Å². The lowest BCUT2D eigenvalue weighted by molar-refractivity contribution is 0.100. The summed E-state index contributed by atoms with van der Waals surface area (Å²) in [4.78, 5) is 11.2. The van der Waals surface area contributed by atoms with Crippen LogP contribution in [-0.4, -0.2) is 5.91 Å². The van der Waals surface area contributed by atoms with Crippen LogP contribution in [0.1, 0.15) is 15.9 Å². The summed E-state index contributed by atoms with van der Waals surface area (Å²) >= 11 is 0. The van der Waals surface area contributed by atoms with Crippen molar-refractivity contribution >= 4 is 23.0 Å². The maximum atomic E-state index is 13.2. The van der Waals surface area contributed by atoms with Gasteiger partial charge in [-0.3, -0.25) is 4.79 Å². The lowest BCUT2D eigenvalue weighted by Crippen LogP contribution is -2.13. The third kappa shape index (κ3) is 2.67. The molecule has 1 amide bonds. The van der Waals surface area contributed by atoms with Crippen molar-refractivity contribution in [2.75, 3.05) is 11.1 Å². The van der Waals surface area contributed by atoms with Crippen LogP contribution in [-0.2, 0) is 0 Å². The molecule has 0 atom stereocenters. The second-order valence-electron chi connectivity index (χ2n) is 4.10. The first-order valence-electron chi connectivity index (χ1n) is 5.67. The molecule has 0 bridgehead atoms. The molecule has 0 radical (unpaired) electrons. The zero-order chi connectivity index (χ0) is 14.7. The molecular formula is C14H11FN4O. The highest BCUT2D eigenvalue weighted by Crippen LogP contribution is 2.22. The third-order valence-electron chi connectivity index (χ3n) is 2.69. The summed E-state index contributed by atoms with van der Waals surface area (Å²) in [7, 11) is 0. The largest absolute Gasteiger partial charge is 0.398 e. The number of nitrogens with zero attached hydrogens (tertiary/aromatic N) is 1. The van der Waals surface area contributed by atoms with Crippen LogP contribution >= 0.6 is 0 Å². The number of halogens is 1. The summed E-state index contributed by atoms with van der Waals surface area (Å²) in [6, 6.07) is 10.5. The number of nitriles is 1. The molecule has 0 heterocycles.